The Bertz CT molecular complexity index is 264. The average molecular weight is 241 g/mol. The second-order valence-electron chi connectivity index (χ2n) is 5.09. The number of β-amino-alcohol motifs (C(OH)–C–C–N with tert-alkyl or cyclic N) is 1. The van der Waals surface area contributed by atoms with E-state index in [2.05, 4.69) is 4.90 Å². The number of hydrogen-bond donors (Lipinski definition) is 2. The summed E-state index contributed by atoms with van der Waals surface area (Å²) in [6, 6.07) is 0.0676. The summed E-state index contributed by atoms with van der Waals surface area (Å²) in [7, 11) is 0. The topological polar surface area (TPSA) is 69.8 Å². The zero-order chi connectivity index (χ0) is 12.3. The highest BCUT2D eigenvalue weighted by Crippen LogP contribution is 2.26. The Morgan fingerprint density at radius 1 is 1.24 bits per heavy atom. The van der Waals surface area contributed by atoms with Crippen LogP contribution in [-0.4, -0.2) is 66.2 Å². The standard InChI is InChI=1S/C12H23N3O2/c13-11-3-1-2-10(11)12(17)15-6-4-14(5-7-15)8-9-16/h10-11,16H,1-9,13H2. The summed E-state index contributed by atoms with van der Waals surface area (Å²) in [4.78, 5) is 16.4. The van der Waals surface area contributed by atoms with E-state index in [1.807, 2.05) is 4.90 Å². The lowest BCUT2D eigenvalue weighted by molar-refractivity contribution is -0.137. The molecular weight excluding hydrogens is 218 g/mol. The fraction of sp³-hybridized carbons (Fsp3) is 0.917. The molecule has 0 bridgehead atoms. The zero-order valence-electron chi connectivity index (χ0n) is 10.3. The number of carbonyl (C=O) groups excluding carboxylic acids is 1. The molecular formula is C12H23N3O2. The Kier molecular flexibility index (Phi) is 4.36. The molecule has 1 amide bonds. The molecule has 1 aliphatic carbocycles. The molecule has 1 saturated carbocycles. The van der Waals surface area contributed by atoms with E-state index >= 15 is 0 Å². The fourth-order valence-electron chi connectivity index (χ4n) is 2.86. The van der Waals surface area contributed by atoms with Crippen molar-refractivity contribution in [2.45, 2.75) is 25.3 Å². The molecule has 3 N–H and O–H groups in total. The Morgan fingerprint density at radius 2 is 1.94 bits per heavy atom. The van der Waals surface area contributed by atoms with E-state index in [0.717, 1.165) is 45.4 Å². The first kappa shape index (κ1) is 12.8. The zero-order valence-corrected chi connectivity index (χ0v) is 10.3. The predicted octanol–water partition coefficient (Wildman–Crippen LogP) is -0.750. The van der Waals surface area contributed by atoms with Crippen molar-refractivity contribution in [2.24, 2.45) is 11.7 Å². The lowest BCUT2D eigenvalue weighted by atomic mass is 10.0. The van der Waals surface area contributed by atoms with Crippen molar-refractivity contribution in [3.8, 4) is 0 Å². The lowest BCUT2D eigenvalue weighted by Gasteiger charge is -2.36. The summed E-state index contributed by atoms with van der Waals surface area (Å²) in [6.07, 6.45) is 3.03. The van der Waals surface area contributed by atoms with E-state index in [1.54, 1.807) is 0 Å². The minimum Gasteiger partial charge on any atom is -0.395 e. The first-order valence-electron chi connectivity index (χ1n) is 6.60. The molecule has 0 spiro atoms. The highest BCUT2D eigenvalue weighted by molar-refractivity contribution is 5.80. The molecule has 17 heavy (non-hydrogen) atoms. The smallest absolute Gasteiger partial charge is 0.227 e. The van der Waals surface area contributed by atoms with Crippen molar-refractivity contribution in [3.05, 3.63) is 0 Å². The van der Waals surface area contributed by atoms with Crippen LogP contribution in [0.5, 0.6) is 0 Å². The fourth-order valence-corrected chi connectivity index (χ4v) is 2.86. The van der Waals surface area contributed by atoms with E-state index in [0.29, 0.717) is 6.54 Å². The van der Waals surface area contributed by atoms with Crippen LogP contribution < -0.4 is 5.73 Å². The normalized spacial score (nSPS) is 30.8. The summed E-state index contributed by atoms with van der Waals surface area (Å²) in [6.45, 7) is 4.21. The van der Waals surface area contributed by atoms with Crippen LogP contribution in [0.15, 0.2) is 0 Å². The van der Waals surface area contributed by atoms with Gasteiger partial charge < -0.3 is 15.7 Å². The number of nitrogens with zero attached hydrogens (tertiary/aromatic N) is 2. The largest absolute Gasteiger partial charge is 0.395 e. The molecule has 2 unspecified atom stereocenters. The molecule has 0 aromatic carbocycles. The number of hydrogen-bond acceptors (Lipinski definition) is 4. The van der Waals surface area contributed by atoms with Gasteiger partial charge in [-0.15, -0.1) is 0 Å². The van der Waals surface area contributed by atoms with Gasteiger partial charge >= 0.3 is 0 Å². The average Bonchev–Trinajstić information content (AvgIpc) is 2.76. The number of nitrogens with two attached hydrogens (primary N) is 1. The van der Waals surface area contributed by atoms with Crippen LogP contribution in [0.3, 0.4) is 0 Å². The molecule has 2 fully saturated rings. The van der Waals surface area contributed by atoms with Crippen LogP contribution in [0.4, 0.5) is 0 Å². The number of aliphatic hydroxyl groups is 1. The number of aliphatic hydroxyl groups excluding tert-OH is 1. The van der Waals surface area contributed by atoms with Crippen LogP contribution in [0, 0.1) is 5.92 Å². The third-order valence-corrected chi connectivity index (χ3v) is 3.99. The maximum absolute atomic E-state index is 12.3. The van der Waals surface area contributed by atoms with Gasteiger partial charge in [-0.25, -0.2) is 0 Å². The van der Waals surface area contributed by atoms with Gasteiger partial charge in [-0.05, 0) is 12.8 Å². The Morgan fingerprint density at radius 3 is 2.47 bits per heavy atom. The van der Waals surface area contributed by atoms with Crippen LogP contribution >= 0.6 is 0 Å². The van der Waals surface area contributed by atoms with Crippen molar-refractivity contribution in [1.29, 1.82) is 0 Å². The number of amides is 1. The van der Waals surface area contributed by atoms with Crippen LogP contribution in [-0.2, 0) is 4.79 Å². The van der Waals surface area contributed by atoms with Crippen LogP contribution in [0.1, 0.15) is 19.3 Å². The van der Waals surface area contributed by atoms with E-state index in [9.17, 15) is 4.79 Å². The highest BCUT2D eigenvalue weighted by Gasteiger charge is 2.34. The summed E-state index contributed by atoms with van der Waals surface area (Å²) < 4.78 is 0. The van der Waals surface area contributed by atoms with E-state index in [4.69, 9.17) is 10.8 Å². The molecule has 2 aliphatic rings. The maximum atomic E-state index is 12.3. The third kappa shape index (κ3) is 2.97. The molecule has 5 heteroatoms. The Labute approximate surface area is 103 Å². The van der Waals surface area contributed by atoms with Crippen molar-refractivity contribution in [2.75, 3.05) is 39.3 Å². The van der Waals surface area contributed by atoms with E-state index in [-0.39, 0.29) is 24.5 Å². The highest BCUT2D eigenvalue weighted by atomic mass is 16.3. The van der Waals surface area contributed by atoms with Gasteiger partial charge in [-0.2, -0.15) is 0 Å². The molecule has 0 radical (unpaired) electrons. The summed E-state index contributed by atoms with van der Waals surface area (Å²) in [5, 5.41) is 8.86. The van der Waals surface area contributed by atoms with Gasteiger partial charge in [0.1, 0.15) is 0 Å². The molecule has 0 aromatic rings. The SMILES string of the molecule is NC1CCCC1C(=O)N1CCN(CCO)CC1. The summed E-state index contributed by atoms with van der Waals surface area (Å²) in [5.74, 6) is 0.304. The van der Waals surface area contributed by atoms with Gasteiger partial charge in [0.05, 0.1) is 12.5 Å². The number of rotatable bonds is 3. The third-order valence-electron chi connectivity index (χ3n) is 3.99. The predicted molar refractivity (Wildman–Crippen MR) is 65.4 cm³/mol. The van der Waals surface area contributed by atoms with Crippen molar-refractivity contribution >= 4 is 5.91 Å². The Hall–Kier alpha value is -0.650. The minimum atomic E-state index is 0.0550. The van der Waals surface area contributed by atoms with Gasteiger partial charge in [0.2, 0.25) is 5.91 Å². The second-order valence-corrected chi connectivity index (χ2v) is 5.09. The molecule has 5 nitrogen and oxygen atoms in total. The molecule has 1 aliphatic heterocycles. The molecule has 2 rings (SSSR count). The number of piperazine rings is 1. The molecule has 98 valence electrons. The summed E-state index contributed by atoms with van der Waals surface area (Å²) in [5.41, 5.74) is 5.97. The maximum Gasteiger partial charge on any atom is 0.227 e. The molecule has 1 saturated heterocycles. The van der Waals surface area contributed by atoms with Crippen LogP contribution in [0.2, 0.25) is 0 Å². The van der Waals surface area contributed by atoms with Gasteiger partial charge in [0.15, 0.2) is 0 Å². The Balaban J connectivity index is 1.82. The quantitative estimate of drug-likeness (QED) is 0.682. The van der Waals surface area contributed by atoms with E-state index < -0.39 is 0 Å². The van der Waals surface area contributed by atoms with Gasteiger partial charge in [-0.3, -0.25) is 9.69 Å². The van der Waals surface area contributed by atoms with Crippen molar-refractivity contribution in [3.63, 3.8) is 0 Å². The van der Waals surface area contributed by atoms with Gasteiger partial charge in [-0.1, -0.05) is 6.42 Å². The molecule has 2 atom stereocenters. The van der Waals surface area contributed by atoms with Gasteiger partial charge in [0.25, 0.3) is 0 Å². The minimum absolute atomic E-state index is 0.0550. The first-order valence-corrected chi connectivity index (χ1v) is 6.60. The van der Waals surface area contributed by atoms with Crippen LogP contribution in [0.25, 0.3) is 0 Å². The van der Waals surface area contributed by atoms with Gasteiger partial charge in [0, 0.05) is 38.8 Å². The second kappa shape index (κ2) is 5.80. The monoisotopic (exact) mass is 241 g/mol. The first-order chi connectivity index (χ1) is 8.22. The van der Waals surface area contributed by atoms with Crippen molar-refractivity contribution in [1.82, 2.24) is 9.80 Å². The van der Waals surface area contributed by atoms with E-state index in [1.165, 1.54) is 0 Å². The molecule has 0 aromatic heterocycles. The number of carbonyl (C=O) groups is 1. The van der Waals surface area contributed by atoms with Crippen molar-refractivity contribution < 1.29 is 9.90 Å². The lowest BCUT2D eigenvalue weighted by Crippen LogP contribution is -2.52. The molecule has 1 heterocycles. The summed E-state index contributed by atoms with van der Waals surface area (Å²) >= 11 is 0.